The van der Waals surface area contributed by atoms with Crippen molar-refractivity contribution in [2.24, 2.45) is 7.05 Å². The molecule has 5 aromatic rings. The molecule has 0 spiro atoms. The van der Waals surface area contributed by atoms with Crippen LogP contribution < -0.4 is 0 Å². The number of aryl methyl sites for hydroxylation is 2. The molecule has 6 nitrogen and oxygen atoms in total. The standard InChI is InChI=1S/C20H16N6/c1-13-6-5-7-16(21-13)19-20(26-11-4-3-8-18(26)22-19)14-9-10-15-17(12-14)25(2)24-23-15/h3-12H,1-2H3. The Kier molecular flexibility index (Phi) is 3.12. The van der Waals surface area contributed by atoms with E-state index in [1.54, 1.807) is 4.68 Å². The first-order chi connectivity index (χ1) is 12.7. The molecule has 6 heteroatoms. The van der Waals surface area contributed by atoms with Gasteiger partial charge in [0.2, 0.25) is 0 Å². The first kappa shape index (κ1) is 14.8. The lowest BCUT2D eigenvalue weighted by Gasteiger charge is -2.06. The van der Waals surface area contributed by atoms with E-state index in [-0.39, 0.29) is 0 Å². The van der Waals surface area contributed by atoms with Gasteiger partial charge in [-0.2, -0.15) is 0 Å². The molecule has 0 amide bonds. The fourth-order valence-electron chi connectivity index (χ4n) is 3.30. The molecule has 126 valence electrons. The molecule has 4 heterocycles. The van der Waals surface area contributed by atoms with Crippen LogP contribution in [0.4, 0.5) is 0 Å². The van der Waals surface area contributed by atoms with Crippen molar-refractivity contribution in [1.29, 1.82) is 0 Å². The molecule has 0 aliphatic rings. The minimum absolute atomic E-state index is 0.868. The second-order valence-electron chi connectivity index (χ2n) is 6.32. The zero-order valence-electron chi connectivity index (χ0n) is 14.5. The van der Waals surface area contributed by atoms with Crippen molar-refractivity contribution in [1.82, 2.24) is 29.4 Å². The van der Waals surface area contributed by atoms with Crippen molar-refractivity contribution >= 4 is 16.7 Å². The second-order valence-corrected chi connectivity index (χ2v) is 6.32. The molecule has 0 atom stereocenters. The van der Waals surface area contributed by atoms with E-state index in [0.29, 0.717) is 0 Å². The van der Waals surface area contributed by atoms with Crippen LogP contribution in [0.25, 0.3) is 39.3 Å². The molecule has 0 saturated carbocycles. The van der Waals surface area contributed by atoms with Gasteiger partial charge in [-0.25, -0.2) is 9.67 Å². The summed E-state index contributed by atoms with van der Waals surface area (Å²) in [6.07, 6.45) is 2.03. The van der Waals surface area contributed by atoms with Gasteiger partial charge < -0.3 is 0 Å². The van der Waals surface area contributed by atoms with Crippen LogP contribution in [0.1, 0.15) is 5.69 Å². The highest BCUT2D eigenvalue weighted by Crippen LogP contribution is 2.33. The van der Waals surface area contributed by atoms with Gasteiger partial charge in [-0.1, -0.05) is 23.4 Å². The van der Waals surface area contributed by atoms with Gasteiger partial charge >= 0.3 is 0 Å². The van der Waals surface area contributed by atoms with Crippen molar-refractivity contribution in [2.45, 2.75) is 6.92 Å². The minimum Gasteiger partial charge on any atom is -0.299 e. The Morgan fingerprint density at radius 2 is 1.85 bits per heavy atom. The molecule has 1 aromatic carbocycles. The number of hydrogen-bond acceptors (Lipinski definition) is 4. The highest BCUT2D eigenvalue weighted by molar-refractivity contribution is 5.86. The van der Waals surface area contributed by atoms with E-state index in [1.165, 1.54) is 0 Å². The monoisotopic (exact) mass is 340 g/mol. The third kappa shape index (κ3) is 2.19. The number of imidazole rings is 1. The first-order valence-corrected chi connectivity index (χ1v) is 8.41. The van der Waals surface area contributed by atoms with Gasteiger partial charge in [0, 0.05) is 24.5 Å². The maximum absolute atomic E-state index is 4.85. The lowest BCUT2D eigenvalue weighted by molar-refractivity contribution is 0.736. The molecule has 0 aliphatic carbocycles. The molecule has 26 heavy (non-hydrogen) atoms. The number of aromatic nitrogens is 6. The molecular formula is C20H16N6. The Morgan fingerprint density at radius 3 is 2.73 bits per heavy atom. The van der Waals surface area contributed by atoms with Crippen LogP contribution in [0.5, 0.6) is 0 Å². The van der Waals surface area contributed by atoms with Gasteiger partial charge in [-0.15, -0.1) is 5.10 Å². The Labute approximate surface area is 149 Å². The summed E-state index contributed by atoms with van der Waals surface area (Å²) in [6, 6.07) is 18.2. The van der Waals surface area contributed by atoms with Gasteiger partial charge in [-0.3, -0.25) is 9.38 Å². The van der Waals surface area contributed by atoms with Gasteiger partial charge in [0.1, 0.15) is 16.9 Å². The van der Waals surface area contributed by atoms with Crippen LogP contribution in [0.15, 0.2) is 60.8 Å². The molecule has 5 rings (SSSR count). The summed E-state index contributed by atoms with van der Waals surface area (Å²) in [4.78, 5) is 9.54. The molecule has 0 N–H and O–H groups in total. The number of fused-ring (bicyclic) bond motifs is 2. The highest BCUT2D eigenvalue weighted by atomic mass is 15.4. The summed E-state index contributed by atoms with van der Waals surface area (Å²) >= 11 is 0. The zero-order chi connectivity index (χ0) is 17.7. The zero-order valence-corrected chi connectivity index (χ0v) is 14.5. The van der Waals surface area contributed by atoms with E-state index in [4.69, 9.17) is 4.98 Å². The van der Waals surface area contributed by atoms with E-state index >= 15 is 0 Å². The van der Waals surface area contributed by atoms with E-state index in [1.807, 2.05) is 62.6 Å². The largest absolute Gasteiger partial charge is 0.299 e. The van der Waals surface area contributed by atoms with Crippen molar-refractivity contribution in [2.75, 3.05) is 0 Å². The molecule has 0 aliphatic heterocycles. The van der Waals surface area contributed by atoms with Crippen LogP contribution >= 0.6 is 0 Å². The normalized spacial score (nSPS) is 11.5. The van der Waals surface area contributed by atoms with Crippen molar-refractivity contribution in [3.63, 3.8) is 0 Å². The smallest absolute Gasteiger partial charge is 0.138 e. The number of hydrogen-bond donors (Lipinski definition) is 0. The Balaban J connectivity index is 1.85. The lowest BCUT2D eigenvalue weighted by Crippen LogP contribution is -1.93. The van der Waals surface area contributed by atoms with Crippen LogP contribution in [0.2, 0.25) is 0 Å². The molecule has 0 radical (unpaired) electrons. The molecule has 0 unspecified atom stereocenters. The van der Waals surface area contributed by atoms with Crippen molar-refractivity contribution in [3.05, 3.63) is 66.5 Å². The van der Waals surface area contributed by atoms with E-state index in [9.17, 15) is 0 Å². The minimum atomic E-state index is 0.868. The summed E-state index contributed by atoms with van der Waals surface area (Å²) in [6.45, 7) is 1.99. The number of rotatable bonds is 2. The Bertz CT molecular complexity index is 1260. The van der Waals surface area contributed by atoms with E-state index in [0.717, 1.165) is 45.0 Å². The molecular weight excluding hydrogens is 324 g/mol. The van der Waals surface area contributed by atoms with Gasteiger partial charge in [0.15, 0.2) is 0 Å². The van der Waals surface area contributed by atoms with Crippen LogP contribution in [-0.2, 0) is 7.05 Å². The lowest BCUT2D eigenvalue weighted by atomic mass is 10.1. The summed E-state index contributed by atoms with van der Waals surface area (Å²) in [5, 5.41) is 8.28. The average molecular weight is 340 g/mol. The predicted octanol–water partition coefficient (Wildman–Crippen LogP) is 3.65. The SMILES string of the molecule is Cc1cccc(-c2nc3ccccn3c2-c2ccc3nnn(C)c3c2)n1. The second kappa shape index (κ2) is 5.49. The van der Waals surface area contributed by atoms with Gasteiger partial charge in [0.05, 0.1) is 16.9 Å². The molecule has 0 saturated heterocycles. The average Bonchev–Trinajstić information content (AvgIpc) is 3.22. The predicted molar refractivity (Wildman–Crippen MR) is 101 cm³/mol. The van der Waals surface area contributed by atoms with Gasteiger partial charge in [-0.05, 0) is 43.3 Å². The number of benzene rings is 1. The maximum Gasteiger partial charge on any atom is 0.138 e. The quantitative estimate of drug-likeness (QED) is 0.492. The van der Waals surface area contributed by atoms with Crippen LogP contribution in [-0.4, -0.2) is 29.4 Å². The van der Waals surface area contributed by atoms with Crippen LogP contribution in [0.3, 0.4) is 0 Å². The number of pyridine rings is 2. The van der Waals surface area contributed by atoms with Gasteiger partial charge in [0.25, 0.3) is 0 Å². The van der Waals surface area contributed by atoms with Crippen LogP contribution in [0, 0.1) is 6.92 Å². The highest BCUT2D eigenvalue weighted by Gasteiger charge is 2.17. The summed E-state index contributed by atoms with van der Waals surface area (Å²) < 4.78 is 3.89. The summed E-state index contributed by atoms with van der Waals surface area (Å²) in [7, 11) is 1.90. The third-order valence-electron chi connectivity index (χ3n) is 4.54. The van der Waals surface area contributed by atoms with Crippen molar-refractivity contribution in [3.8, 4) is 22.6 Å². The summed E-state index contributed by atoms with van der Waals surface area (Å²) in [5.41, 5.74) is 7.53. The van der Waals surface area contributed by atoms with E-state index < -0.39 is 0 Å². The third-order valence-corrected chi connectivity index (χ3v) is 4.54. The first-order valence-electron chi connectivity index (χ1n) is 8.41. The molecule has 0 fully saturated rings. The Morgan fingerprint density at radius 1 is 0.923 bits per heavy atom. The van der Waals surface area contributed by atoms with Crippen molar-refractivity contribution < 1.29 is 0 Å². The summed E-state index contributed by atoms with van der Waals surface area (Å²) in [5.74, 6) is 0. The fraction of sp³-hybridized carbons (Fsp3) is 0.100. The topological polar surface area (TPSA) is 60.9 Å². The fourth-order valence-corrected chi connectivity index (χ4v) is 3.30. The maximum atomic E-state index is 4.85. The van der Waals surface area contributed by atoms with E-state index in [2.05, 4.69) is 31.8 Å². The molecule has 4 aromatic heterocycles. The molecule has 0 bridgehead atoms. The number of nitrogens with zero attached hydrogens (tertiary/aromatic N) is 6. The Hall–Kier alpha value is -3.54.